The van der Waals surface area contributed by atoms with Crippen LogP contribution in [0.1, 0.15) is 11.1 Å². The Morgan fingerprint density at radius 2 is 1.83 bits per heavy atom. The van der Waals surface area contributed by atoms with E-state index in [0.717, 1.165) is 24.3 Å². The van der Waals surface area contributed by atoms with Crippen LogP contribution < -0.4 is 10.1 Å². The van der Waals surface area contributed by atoms with Crippen molar-refractivity contribution in [1.82, 2.24) is 0 Å². The molecule has 2 aromatic carbocycles. The second-order valence-corrected chi connectivity index (χ2v) is 4.92. The zero-order valence-electron chi connectivity index (χ0n) is 11.7. The number of halogens is 5. The molecule has 0 aliphatic carbocycles. The molecule has 2 aromatic rings. The molecule has 1 aliphatic rings. The van der Waals surface area contributed by atoms with Crippen LogP contribution in [0.15, 0.2) is 36.4 Å². The zero-order chi connectivity index (χ0) is 17.5. The fourth-order valence-corrected chi connectivity index (χ4v) is 2.33. The first kappa shape index (κ1) is 16.0. The normalized spacial score (nSPS) is 15.4. The lowest BCUT2D eigenvalue weighted by Gasteiger charge is -2.09. The third-order valence-electron chi connectivity index (χ3n) is 3.26. The number of fused-ring (bicyclic) bond motifs is 1. The summed E-state index contributed by atoms with van der Waals surface area (Å²) < 4.78 is 67.8. The largest absolute Gasteiger partial charge is 0.573 e. The van der Waals surface area contributed by atoms with Gasteiger partial charge in [0.05, 0.1) is 11.3 Å². The van der Waals surface area contributed by atoms with Gasteiger partial charge in [-0.2, -0.15) is 0 Å². The van der Waals surface area contributed by atoms with Crippen molar-refractivity contribution in [3.63, 3.8) is 0 Å². The van der Waals surface area contributed by atoms with Crippen LogP contribution in [-0.4, -0.2) is 12.3 Å². The van der Waals surface area contributed by atoms with E-state index in [1.54, 1.807) is 0 Å². The molecule has 1 heterocycles. The van der Waals surface area contributed by atoms with E-state index in [4.69, 9.17) is 0 Å². The molecule has 1 amide bonds. The number of anilines is 1. The fourth-order valence-electron chi connectivity index (χ4n) is 2.33. The summed E-state index contributed by atoms with van der Waals surface area (Å²) in [6, 6.07) is 6.87. The van der Waals surface area contributed by atoms with Gasteiger partial charge in [-0.05, 0) is 35.9 Å². The van der Waals surface area contributed by atoms with Crippen LogP contribution in [-0.2, 0) is 4.79 Å². The van der Waals surface area contributed by atoms with E-state index in [1.807, 2.05) is 0 Å². The van der Waals surface area contributed by atoms with Crippen molar-refractivity contribution in [3.8, 4) is 5.75 Å². The minimum Gasteiger partial charge on any atom is -0.406 e. The molecule has 0 fully saturated rings. The second-order valence-electron chi connectivity index (χ2n) is 4.92. The average Bonchev–Trinajstić information content (AvgIpc) is 2.79. The lowest BCUT2D eigenvalue weighted by atomic mass is 10.0. The SMILES string of the molecule is O=C1Nc2ccc(F)c(F)c2/C1=C/c1cccc(OC(F)(F)F)c1. The Morgan fingerprint density at radius 1 is 1.08 bits per heavy atom. The van der Waals surface area contributed by atoms with Gasteiger partial charge in [-0.15, -0.1) is 13.2 Å². The van der Waals surface area contributed by atoms with Crippen LogP contribution in [0, 0.1) is 11.6 Å². The summed E-state index contributed by atoms with van der Waals surface area (Å²) in [5, 5.41) is 2.36. The maximum atomic E-state index is 13.9. The molecule has 0 bridgehead atoms. The minimum atomic E-state index is -4.86. The Balaban J connectivity index is 2.03. The summed E-state index contributed by atoms with van der Waals surface area (Å²) in [4.78, 5) is 11.9. The molecule has 1 aliphatic heterocycles. The van der Waals surface area contributed by atoms with Gasteiger partial charge in [0.25, 0.3) is 5.91 Å². The highest BCUT2D eigenvalue weighted by molar-refractivity contribution is 6.35. The molecule has 0 atom stereocenters. The van der Waals surface area contributed by atoms with Crippen molar-refractivity contribution in [3.05, 3.63) is 59.2 Å². The summed E-state index contributed by atoms with van der Waals surface area (Å²) >= 11 is 0. The summed E-state index contributed by atoms with van der Waals surface area (Å²) in [6.07, 6.45) is -3.70. The van der Waals surface area contributed by atoms with Gasteiger partial charge in [-0.1, -0.05) is 12.1 Å². The molecule has 0 radical (unpaired) electrons. The van der Waals surface area contributed by atoms with Gasteiger partial charge in [0.2, 0.25) is 0 Å². The molecule has 3 nitrogen and oxygen atoms in total. The molecule has 0 aromatic heterocycles. The van der Waals surface area contributed by atoms with Crippen molar-refractivity contribution in [2.75, 3.05) is 5.32 Å². The number of amides is 1. The monoisotopic (exact) mass is 341 g/mol. The predicted molar refractivity (Wildman–Crippen MR) is 76.0 cm³/mol. The molecule has 124 valence electrons. The van der Waals surface area contributed by atoms with Gasteiger partial charge in [0, 0.05) is 5.56 Å². The van der Waals surface area contributed by atoms with E-state index in [1.165, 1.54) is 18.2 Å². The van der Waals surface area contributed by atoms with Gasteiger partial charge in [0.1, 0.15) is 5.75 Å². The van der Waals surface area contributed by atoms with Gasteiger partial charge < -0.3 is 10.1 Å². The topological polar surface area (TPSA) is 38.3 Å². The summed E-state index contributed by atoms with van der Waals surface area (Å²) in [7, 11) is 0. The number of hydrogen-bond acceptors (Lipinski definition) is 2. The van der Waals surface area contributed by atoms with Crippen LogP contribution >= 0.6 is 0 Å². The second kappa shape index (κ2) is 5.63. The number of ether oxygens (including phenoxy) is 1. The van der Waals surface area contributed by atoms with Crippen LogP contribution in [0.25, 0.3) is 11.6 Å². The highest BCUT2D eigenvalue weighted by atomic mass is 19.4. The van der Waals surface area contributed by atoms with E-state index < -0.39 is 29.7 Å². The zero-order valence-corrected chi connectivity index (χ0v) is 11.7. The number of carbonyl (C=O) groups is 1. The molecule has 1 N–H and O–H groups in total. The molecule has 24 heavy (non-hydrogen) atoms. The van der Waals surface area contributed by atoms with Gasteiger partial charge in [-0.25, -0.2) is 8.78 Å². The van der Waals surface area contributed by atoms with E-state index >= 15 is 0 Å². The van der Waals surface area contributed by atoms with Gasteiger partial charge in [0.15, 0.2) is 11.6 Å². The van der Waals surface area contributed by atoms with E-state index in [9.17, 15) is 26.7 Å². The Labute approximate surface area is 132 Å². The first-order valence-electron chi connectivity index (χ1n) is 6.62. The average molecular weight is 341 g/mol. The van der Waals surface area contributed by atoms with Crippen molar-refractivity contribution in [2.45, 2.75) is 6.36 Å². The Bertz CT molecular complexity index is 858. The molecule has 0 saturated heterocycles. The number of carbonyl (C=O) groups excluding carboxylic acids is 1. The molecule has 3 rings (SSSR count). The lowest BCUT2D eigenvalue weighted by Crippen LogP contribution is -2.17. The van der Waals surface area contributed by atoms with Crippen molar-refractivity contribution in [2.24, 2.45) is 0 Å². The van der Waals surface area contributed by atoms with Crippen LogP contribution in [0.3, 0.4) is 0 Å². The van der Waals surface area contributed by atoms with Crippen molar-refractivity contribution in [1.29, 1.82) is 0 Å². The van der Waals surface area contributed by atoms with E-state index in [0.29, 0.717) is 0 Å². The van der Waals surface area contributed by atoms with Crippen molar-refractivity contribution >= 4 is 23.2 Å². The highest BCUT2D eigenvalue weighted by Gasteiger charge is 2.31. The third-order valence-corrected chi connectivity index (χ3v) is 3.26. The third kappa shape index (κ3) is 3.08. The Hall–Kier alpha value is -2.90. The minimum absolute atomic E-state index is 0.0906. The van der Waals surface area contributed by atoms with Gasteiger partial charge in [-0.3, -0.25) is 4.79 Å². The Kier molecular flexibility index (Phi) is 3.75. The number of benzene rings is 2. The smallest absolute Gasteiger partial charge is 0.406 e. The first-order valence-corrected chi connectivity index (χ1v) is 6.62. The van der Waals surface area contributed by atoms with Crippen LogP contribution in [0.5, 0.6) is 5.75 Å². The highest BCUT2D eigenvalue weighted by Crippen LogP contribution is 2.36. The fraction of sp³-hybridized carbons (Fsp3) is 0.0625. The molecular formula is C16H8F5NO2. The van der Waals surface area contributed by atoms with E-state index in [-0.39, 0.29) is 22.4 Å². The van der Waals surface area contributed by atoms with Crippen LogP contribution in [0.4, 0.5) is 27.6 Å². The lowest BCUT2D eigenvalue weighted by molar-refractivity contribution is -0.274. The summed E-state index contributed by atoms with van der Waals surface area (Å²) in [5.41, 5.74) is -0.195. The standard InChI is InChI=1S/C16H8F5NO2/c17-11-4-5-12-13(14(11)18)10(15(23)22-12)7-8-2-1-3-9(6-8)24-16(19,20)21/h1-7H,(H,22,23)/b10-7-. The number of hydrogen-bond donors (Lipinski definition) is 1. The molecule has 0 spiro atoms. The van der Waals surface area contributed by atoms with E-state index in [2.05, 4.69) is 10.1 Å². The first-order chi connectivity index (χ1) is 11.2. The molecular weight excluding hydrogens is 333 g/mol. The molecule has 0 unspecified atom stereocenters. The summed E-state index contributed by atoms with van der Waals surface area (Å²) in [6.45, 7) is 0. The maximum Gasteiger partial charge on any atom is 0.573 e. The molecule has 0 saturated carbocycles. The Morgan fingerprint density at radius 3 is 2.54 bits per heavy atom. The van der Waals surface area contributed by atoms with Crippen molar-refractivity contribution < 1.29 is 31.5 Å². The quantitative estimate of drug-likeness (QED) is 0.651. The maximum absolute atomic E-state index is 13.9. The number of alkyl halides is 3. The number of nitrogens with one attached hydrogen (secondary N) is 1. The van der Waals surface area contributed by atoms with Gasteiger partial charge >= 0.3 is 6.36 Å². The number of rotatable bonds is 2. The predicted octanol–water partition coefficient (Wildman–Crippen LogP) is 4.36. The van der Waals surface area contributed by atoms with Crippen LogP contribution in [0.2, 0.25) is 0 Å². The molecule has 8 heteroatoms. The summed E-state index contributed by atoms with van der Waals surface area (Å²) in [5.74, 6) is -3.52.